The molecule has 0 saturated carbocycles. The van der Waals surface area contributed by atoms with Crippen molar-refractivity contribution in [2.24, 2.45) is 0 Å². The van der Waals surface area contributed by atoms with Crippen molar-refractivity contribution in [1.29, 1.82) is 0 Å². The molecule has 3 heteroatoms. The zero-order valence-electron chi connectivity index (χ0n) is 11.0. The molecular formula is C16H18N2S. The number of benzene rings is 1. The SMILES string of the molecule is CNC(Cc1ccncc1)C1CSc2ccccc21. The van der Waals surface area contributed by atoms with Gasteiger partial charge in [0.2, 0.25) is 0 Å². The smallest absolute Gasteiger partial charge is 0.0270 e. The summed E-state index contributed by atoms with van der Waals surface area (Å²) in [7, 11) is 2.07. The molecule has 0 fully saturated rings. The van der Waals surface area contributed by atoms with Gasteiger partial charge in [-0.15, -0.1) is 11.8 Å². The molecule has 19 heavy (non-hydrogen) atoms. The van der Waals surface area contributed by atoms with Crippen LogP contribution in [0, 0.1) is 0 Å². The molecule has 0 amide bonds. The minimum absolute atomic E-state index is 0.485. The first-order valence-electron chi connectivity index (χ1n) is 6.66. The van der Waals surface area contributed by atoms with Crippen molar-refractivity contribution >= 4 is 11.8 Å². The fourth-order valence-electron chi connectivity index (χ4n) is 2.74. The lowest BCUT2D eigenvalue weighted by Gasteiger charge is -2.23. The van der Waals surface area contributed by atoms with Crippen molar-refractivity contribution in [1.82, 2.24) is 10.3 Å². The summed E-state index contributed by atoms with van der Waals surface area (Å²) in [5.41, 5.74) is 2.85. The van der Waals surface area contributed by atoms with Gasteiger partial charge in [-0.3, -0.25) is 4.98 Å². The van der Waals surface area contributed by atoms with E-state index in [1.165, 1.54) is 21.8 Å². The molecule has 1 aliphatic rings. The summed E-state index contributed by atoms with van der Waals surface area (Å²) in [5.74, 6) is 1.77. The van der Waals surface area contributed by atoms with E-state index in [0.29, 0.717) is 12.0 Å². The number of thioether (sulfide) groups is 1. The van der Waals surface area contributed by atoms with Crippen LogP contribution in [0.2, 0.25) is 0 Å². The summed E-state index contributed by atoms with van der Waals surface area (Å²) >= 11 is 1.98. The zero-order valence-corrected chi connectivity index (χ0v) is 11.9. The Morgan fingerprint density at radius 2 is 2.05 bits per heavy atom. The van der Waals surface area contributed by atoms with Gasteiger partial charge in [0.1, 0.15) is 0 Å². The molecule has 1 aromatic heterocycles. The van der Waals surface area contributed by atoms with Crippen molar-refractivity contribution < 1.29 is 0 Å². The second-order valence-corrected chi connectivity index (χ2v) is 5.97. The topological polar surface area (TPSA) is 24.9 Å². The average Bonchev–Trinajstić information content (AvgIpc) is 2.90. The van der Waals surface area contributed by atoms with Gasteiger partial charge < -0.3 is 5.32 Å². The van der Waals surface area contributed by atoms with Crippen LogP contribution >= 0.6 is 11.8 Å². The Morgan fingerprint density at radius 1 is 1.26 bits per heavy atom. The largest absolute Gasteiger partial charge is 0.316 e. The van der Waals surface area contributed by atoms with Gasteiger partial charge in [0.15, 0.2) is 0 Å². The molecule has 0 radical (unpaired) electrons. The van der Waals surface area contributed by atoms with Gasteiger partial charge in [0, 0.05) is 35.0 Å². The van der Waals surface area contributed by atoms with E-state index in [0.717, 1.165) is 6.42 Å². The Morgan fingerprint density at radius 3 is 2.84 bits per heavy atom. The number of hydrogen-bond acceptors (Lipinski definition) is 3. The maximum absolute atomic E-state index is 4.09. The summed E-state index contributed by atoms with van der Waals surface area (Å²) in [5, 5.41) is 3.50. The second-order valence-electron chi connectivity index (χ2n) is 4.91. The zero-order chi connectivity index (χ0) is 13.1. The Kier molecular flexibility index (Phi) is 3.85. The van der Waals surface area contributed by atoms with Crippen LogP contribution in [0.3, 0.4) is 0 Å². The lowest BCUT2D eigenvalue weighted by atomic mass is 9.89. The standard InChI is InChI=1S/C16H18N2S/c1-17-15(10-12-6-8-18-9-7-12)14-11-19-16-5-3-2-4-13(14)16/h2-9,14-15,17H,10-11H2,1H3. The third kappa shape index (κ3) is 2.67. The van der Waals surface area contributed by atoms with Gasteiger partial charge in [0.05, 0.1) is 0 Å². The number of fused-ring (bicyclic) bond motifs is 1. The second kappa shape index (κ2) is 5.76. The molecule has 0 bridgehead atoms. The fourth-order valence-corrected chi connectivity index (χ4v) is 4.07. The number of pyridine rings is 1. The van der Waals surface area contributed by atoms with Crippen LogP contribution in [-0.4, -0.2) is 23.8 Å². The van der Waals surface area contributed by atoms with Gasteiger partial charge in [-0.05, 0) is 42.8 Å². The van der Waals surface area contributed by atoms with Crippen molar-refractivity contribution in [3.05, 3.63) is 59.9 Å². The van der Waals surface area contributed by atoms with Crippen molar-refractivity contribution in [2.45, 2.75) is 23.3 Å². The molecule has 1 aliphatic heterocycles. The molecular weight excluding hydrogens is 252 g/mol. The van der Waals surface area contributed by atoms with Gasteiger partial charge >= 0.3 is 0 Å². The monoisotopic (exact) mass is 270 g/mol. The van der Waals surface area contributed by atoms with Crippen LogP contribution in [0.25, 0.3) is 0 Å². The number of rotatable bonds is 4. The van der Waals surface area contributed by atoms with Crippen LogP contribution in [0.15, 0.2) is 53.7 Å². The van der Waals surface area contributed by atoms with Crippen molar-refractivity contribution in [3.8, 4) is 0 Å². The van der Waals surface area contributed by atoms with Crippen LogP contribution in [0.4, 0.5) is 0 Å². The normalized spacial score (nSPS) is 19.1. The van der Waals surface area contributed by atoms with Crippen LogP contribution in [0.5, 0.6) is 0 Å². The molecule has 0 aliphatic carbocycles. The molecule has 98 valence electrons. The predicted molar refractivity (Wildman–Crippen MR) is 80.7 cm³/mol. The van der Waals surface area contributed by atoms with Crippen LogP contribution < -0.4 is 5.32 Å². The Bertz CT molecular complexity index is 541. The first kappa shape index (κ1) is 12.7. The van der Waals surface area contributed by atoms with E-state index in [1.54, 1.807) is 0 Å². The Balaban J connectivity index is 1.81. The summed E-state index contributed by atoms with van der Waals surface area (Å²) in [6.07, 6.45) is 4.80. The number of aromatic nitrogens is 1. The van der Waals surface area contributed by atoms with E-state index >= 15 is 0 Å². The Labute approximate surface area is 118 Å². The summed E-state index contributed by atoms with van der Waals surface area (Å²) in [6.45, 7) is 0. The highest BCUT2D eigenvalue weighted by Gasteiger charge is 2.29. The number of nitrogens with zero attached hydrogens (tertiary/aromatic N) is 1. The van der Waals surface area contributed by atoms with Gasteiger partial charge in [0.25, 0.3) is 0 Å². The lowest BCUT2D eigenvalue weighted by molar-refractivity contribution is 0.489. The first-order valence-corrected chi connectivity index (χ1v) is 7.65. The van der Waals surface area contributed by atoms with E-state index < -0.39 is 0 Å². The Hall–Kier alpha value is -1.32. The number of hydrogen-bond donors (Lipinski definition) is 1. The quantitative estimate of drug-likeness (QED) is 0.924. The maximum atomic E-state index is 4.09. The molecule has 0 saturated heterocycles. The van der Waals surface area contributed by atoms with Gasteiger partial charge in [-0.25, -0.2) is 0 Å². The summed E-state index contributed by atoms with van der Waals surface area (Å²) < 4.78 is 0. The molecule has 2 unspecified atom stereocenters. The molecule has 0 spiro atoms. The minimum atomic E-state index is 0.485. The molecule has 2 heterocycles. The van der Waals surface area contributed by atoms with E-state index in [-0.39, 0.29) is 0 Å². The molecule has 1 aromatic carbocycles. The average molecular weight is 270 g/mol. The van der Waals surface area contributed by atoms with E-state index in [9.17, 15) is 0 Å². The third-order valence-corrected chi connectivity index (χ3v) is 5.01. The highest BCUT2D eigenvalue weighted by atomic mass is 32.2. The lowest BCUT2D eigenvalue weighted by Crippen LogP contribution is -2.34. The summed E-state index contributed by atoms with van der Waals surface area (Å²) in [4.78, 5) is 5.53. The number of likely N-dealkylation sites (N-methyl/N-ethyl adjacent to an activating group) is 1. The molecule has 1 N–H and O–H groups in total. The van der Waals surface area contributed by atoms with Crippen molar-refractivity contribution in [2.75, 3.05) is 12.8 Å². The van der Waals surface area contributed by atoms with E-state index in [4.69, 9.17) is 0 Å². The highest BCUT2D eigenvalue weighted by Crippen LogP contribution is 2.41. The number of nitrogens with one attached hydrogen (secondary N) is 1. The van der Waals surface area contributed by atoms with Crippen molar-refractivity contribution in [3.63, 3.8) is 0 Å². The minimum Gasteiger partial charge on any atom is -0.316 e. The molecule has 2 atom stereocenters. The van der Waals surface area contributed by atoms with Gasteiger partial charge in [-0.2, -0.15) is 0 Å². The fraction of sp³-hybridized carbons (Fsp3) is 0.312. The third-order valence-electron chi connectivity index (χ3n) is 3.80. The molecule has 3 rings (SSSR count). The first-order chi connectivity index (χ1) is 9.38. The maximum Gasteiger partial charge on any atom is 0.0270 e. The van der Waals surface area contributed by atoms with Crippen LogP contribution in [0.1, 0.15) is 17.0 Å². The highest BCUT2D eigenvalue weighted by molar-refractivity contribution is 7.99. The molecule has 2 aromatic rings. The van der Waals surface area contributed by atoms with Crippen LogP contribution in [-0.2, 0) is 6.42 Å². The molecule has 2 nitrogen and oxygen atoms in total. The van der Waals surface area contributed by atoms with E-state index in [1.807, 2.05) is 24.2 Å². The summed E-state index contributed by atoms with van der Waals surface area (Å²) in [6, 6.07) is 13.5. The van der Waals surface area contributed by atoms with Gasteiger partial charge in [-0.1, -0.05) is 18.2 Å². The van der Waals surface area contributed by atoms with E-state index in [2.05, 4.69) is 53.7 Å². The predicted octanol–water partition coefficient (Wildman–Crippen LogP) is 3.10.